The van der Waals surface area contributed by atoms with Crippen molar-refractivity contribution < 1.29 is 18.3 Å². The molecule has 7 heteroatoms. The van der Waals surface area contributed by atoms with Crippen molar-refractivity contribution in [1.82, 2.24) is 9.62 Å². The monoisotopic (exact) mass is 370 g/mol. The summed E-state index contributed by atoms with van der Waals surface area (Å²) >= 11 is 0. The van der Waals surface area contributed by atoms with Crippen molar-refractivity contribution in [2.45, 2.75) is 37.7 Å². The minimum absolute atomic E-state index is 0.00872. The third kappa shape index (κ3) is 7.03. The number of aliphatic hydroxyl groups is 1. The van der Waals surface area contributed by atoms with E-state index in [9.17, 15) is 13.5 Å². The van der Waals surface area contributed by atoms with E-state index in [1.807, 2.05) is 12.1 Å². The molecule has 0 amide bonds. The second-order valence-electron chi connectivity index (χ2n) is 7.00. The standard InChI is InChI=1S/C18H30N2O4S/c1-15(2)3-4-16-5-7-18(8-6-16)25(22,23)19-13-17(21)14-20-9-11-24-12-10-20/h5-8,15,17,19,21H,3-4,9-14H2,1-2H3. The molecule has 6 nitrogen and oxygen atoms in total. The second kappa shape index (κ2) is 9.64. The van der Waals surface area contributed by atoms with Gasteiger partial charge in [-0.2, -0.15) is 0 Å². The summed E-state index contributed by atoms with van der Waals surface area (Å²) in [5.41, 5.74) is 1.14. The van der Waals surface area contributed by atoms with E-state index in [-0.39, 0.29) is 11.4 Å². The van der Waals surface area contributed by atoms with Crippen LogP contribution >= 0.6 is 0 Å². The highest BCUT2D eigenvalue weighted by atomic mass is 32.2. The average Bonchev–Trinajstić information content (AvgIpc) is 2.59. The van der Waals surface area contributed by atoms with Gasteiger partial charge >= 0.3 is 0 Å². The number of hydrogen-bond acceptors (Lipinski definition) is 5. The molecule has 1 aromatic rings. The van der Waals surface area contributed by atoms with Gasteiger partial charge in [-0.25, -0.2) is 13.1 Å². The van der Waals surface area contributed by atoms with E-state index in [1.165, 1.54) is 0 Å². The number of nitrogens with zero attached hydrogens (tertiary/aromatic N) is 1. The fourth-order valence-corrected chi connectivity index (χ4v) is 3.80. The zero-order valence-corrected chi connectivity index (χ0v) is 16.0. The molecule has 1 aliphatic heterocycles. The number of ether oxygens (including phenoxy) is 1. The second-order valence-corrected chi connectivity index (χ2v) is 8.76. The van der Waals surface area contributed by atoms with E-state index in [0.29, 0.717) is 25.7 Å². The molecule has 1 aromatic carbocycles. The van der Waals surface area contributed by atoms with Crippen molar-refractivity contribution in [1.29, 1.82) is 0 Å². The maximum Gasteiger partial charge on any atom is 0.240 e. The smallest absolute Gasteiger partial charge is 0.240 e. The van der Waals surface area contributed by atoms with E-state index in [1.54, 1.807) is 12.1 Å². The number of nitrogens with one attached hydrogen (secondary N) is 1. The Kier molecular flexibility index (Phi) is 7.83. The SMILES string of the molecule is CC(C)CCc1ccc(S(=O)(=O)NCC(O)CN2CCOCC2)cc1. The number of morpholine rings is 1. The molecule has 1 aliphatic rings. The molecule has 0 spiro atoms. The molecule has 2 rings (SSSR count). The lowest BCUT2D eigenvalue weighted by molar-refractivity contribution is 0.0158. The Morgan fingerprint density at radius 2 is 1.84 bits per heavy atom. The highest BCUT2D eigenvalue weighted by Gasteiger charge is 2.19. The molecule has 25 heavy (non-hydrogen) atoms. The molecular formula is C18H30N2O4S. The molecule has 1 saturated heterocycles. The molecular weight excluding hydrogens is 340 g/mol. The van der Waals surface area contributed by atoms with E-state index < -0.39 is 16.1 Å². The van der Waals surface area contributed by atoms with Crippen LogP contribution in [-0.4, -0.2) is 63.9 Å². The summed E-state index contributed by atoms with van der Waals surface area (Å²) in [6.07, 6.45) is 1.29. The zero-order chi connectivity index (χ0) is 18.3. The fraction of sp³-hybridized carbons (Fsp3) is 0.667. The largest absolute Gasteiger partial charge is 0.390 e. The van der Waals surface area contributed by atoms with Crippen LogP contribution in [0.25, 0.3) is 0 Å². The fourth-order valence-electron chi connectivity index (χ4n) is 2.73. The quantitative estimate of drug-likeness (QED) is 0.684. The van der Waals surface area contributed by atoms with Crippen LogP contribution in [0.15, 0.2) is 29.2 Å². The highest BCUT2D eigenvalue weighted by molar-refractivity contribution is 7.89. The van der Waals surface area contributed by atoms with E-state index in [2.05, 4.69) is 23.5 Å². The summed E-state index contributed by atoms with van der Waals surface area (Å²) < 4.78 is 32.5. The van der Waals surface area contributed by atoms with Crippen molar-refractivity contribution in [3.8, 4) is 0 Å². The lowest BCUT2D eigenvalue weighted by Crippen LogP contribution is -2.44. The summed E-state index contributed by atoms with van der Waals surface area (Å²) in [7, 11) is -3.60. The van der Waals surface area contributed by atoms with Crippen LogP contribution in [0.4, 0.5) is 0 Å². The predicted molar refractivity (Wildman–Crippen MR) is 98.1 cm³/mol. The normalized spacial score (nSPS) is 17.8. The highest BCUT2D eigenvalue weighted by Crippen LogP contribution is 2.14. The van der Waals surface area contributed by atoms with Gasteiger partial charge < -0.3 is 9.84 Å². The van der Waals surface area contributed by atoms with Crippen LogP contribution in [0.1, 0.15) is 25.8 Å². The van der Waals surface area contributed by atoms with Gasteiger partial charge in [0.1, 0.15) is 0 Å². The molecule has 0 aromatic heterocycles. The first-order chi connectivity index (χ1) is 11.9. The van der Waals surface area contributed by atoms with Gasteiger partial charge in [0.15, 0.2) is 0 Å². The molecule has 2 N–H and O–H groups in total. The van der Waals surface area contributed by atoms with Crippen LogP contribution in [-0.2, 0) is 21.2 Å². The van der Waals surface area contributed by atoms with Crippen molar-refractivity contribution in [3.05, 3.63) is 29.8 Å². The first-order valence-electron chi connectivity index (χ1n) is 8.93. The molecule has 1 atom stereocenters. The molecule has 0 saturated carbocycles. The Bertz CT molecular complexity index is 610. The summed E-state index contributed by atoms with van der Waals surface area (Å²) in [6, 6.07) is 6.99. The van der Waals surface area contributed by atoms with Gasteiger partial charge in [-0.3, -0.25) is 4.90 Å². The van der Waals surface area contributed by atoms with Gasteiger partial charge in [-0.1, -0.05) is 26.0 Å². The van der Waals surface area contributed by atoms with Gasteiger partial charge in [-0.15, -0.1) is 0 Å². The van der Waals surface area contributed by atoms with Crippen molar-refractivity contribution in [2.24, 2.45) is 5.92 Å². The minimum Gasteiger partial charge on any atom is -0.390 e. The summed E-state index contributed by atoms with van der Waals surface area (Å²) in [5, 5.41) is 10.1. The van der Waals surface area contributed by atoms with E-state index >= 15 is 0 Å². The molecule has 142 valence electrons. The number of aliphatic hydroxyl groups excluding tert-OH is 1. The summed E-state index contributed by atoms with van der Waals surface area (Å²) in [5.74, 6) is 0.623. The van der Waals surface area contributed by atoms with Crippen LogP contribution < -0.4 is 4.72 Å². The predicted octanol–water partition coefficient (Wildman–Crippen LogP) is 1.25. The Labute approximate surface area is 151 Å². The third-order valence-electron chi connectivity index (χ3n) is 4.33. The van der Waals surface area contributed by atoms with Crippen LogP contribution in [0.2, 0.25) is 0 Å². The Morgan fingerprint density at radius 3 is 2.44 bits per heavy atom. The molecule has 0 bridgehead atoms. The van der Waals surface area contributed by atoms with Gasteiger partial charge in [-0.05, 0) is 36.5 Å². The average molecular weight is 371 g/mol. The summed E-state index contributed by atoms with van der Waals surface area (Å²) in [4.78, 5) is 2.31. The number of benzene rings is 1. The number of hydrogen-bond donors (Lipinski definition) is 2. The van der Waals surface area contributed by atoms with Gasteiger partial charge in [0, 0.05) is 26.2 Å². The number of rotatable bonds is 9. The van der Waals surface area contributed by atoms with Crippen LogP contribution in [0.3, 0.4) is 0 Å². The molecule has 0 radical (unpaired) electrons. The van der Waals surface area contributed by atoms with Crippen LogP contribution in [0.5, 0.6) is 0 Å². The Hall–Kier alpha value is -0.990. The van der Waals surface area contributed by atoms with Gasteiger partial charge in [0.05, 0.1) is 24.2 Å². The van der Waals surface area contributed by atoms with Gasteiger partial charge in [0.2, 0.25) is 10.0 Å². The first kappa shape index (κ1) is 20.3. The van der Waals surface area contributed by atoms with Crippen molar-refractivity contribution in [3.63, 3.8) is 0 Å². The maximum atomic E-state index is 12.4. The third-order valence-corrected chi connectivity index (χ3v) is 5.77. The summed E-state index contributed by atoms with van der Waals surface area (Å²) in [6.45, 7) is 7.64. The molecule has 0 aliphatic carbocycles. The molecule has 1 fully saturated rings. The lowest BCUT2D eigenvalue weighted by atomic mass is 10.0. The lowest BCUT2D eigenvalue weighted by Gasteiger charge is -2.28. The topological polar surface area (TPSA) is 78.9 Å². The van der Waals surface area contributed by atoms with E-state index in [0.717, 1.165) is 31.5 Å². The number of aryl methyl sites for hydroxylation is 1. The Balaban J connectivity index is 1.83. The van der Waals surface area contributed by atoms with Crippen molar-refractivity contribution in [2.75, 3.05) is 39.4 Å². The number of β-amino-alcohol motifs (C(OH)–C–C–N with tert-alkyl or cyclic N) is 1. The van der Waals surface area contributed by atoms with Crippen molar-refractivity contribution >= 4 is 10.0 Å². The van der Waals surface area contributed by atoms with E-state index in [4.69, 9.17) is 4.74 Å². The molecule has 1 heterocycles. The molecule has 1 unspecified atom stereocenters. The first-order valence-corrected chi connectivity index (χ1v) is 10.4. The zero-order valence-electron chi connectivity index (χ0n) is 15.1. The van der Waals surface area contributed by atoms with Crippen LogP contribution in [0, 0.1) is 5.92 Å². The Morgan fingerprint density at radius 1 is 1.20 bits per heavy atom. The minimum atomic E-state index is -3.60. The number of sulfonamides is 1. The maximum absolute atomic E-state index is 12.4. The van der Waals surface area contributed by atoms with Gasteiger partial charge in [0.25, 0.3) is 0 Å².